The van der Waals surface area contributed by atoms with Crippen LogP contribution < -0.4 is 10.6 Å². The summed E-state index contributed by atoms with van der Waals surface area (Å²) in [5.74, 6) is 0.269. The summed E-state index contributed by atoms with van der Waals surface area (Å²) in [6, 6.07) is 18.7. The van der Waals surface area contributed by atoms with E-state index in [1.165, 1.54) is 0 Å². The van der Waals surface area contributed by atoms with Gasteiger partial charge in [-0.2, -0.15) is 0 Å². The molecule has 3 aromatic rings. The van der Waals surface area contributed by atoms with Crippen LogP contribution in [0.2, 0.25) is 0 Å². The molecule has 3 amide bonds. The summed E-state index contributed by atoms with van der Waals surface area (Å²) in [4.78, 5) is 26.9. The van der Waals surface area contributed by atoms with E-state index in [2.05, 4.69) is 15.8 Å². The Labute approximate surface area is 181 Å². The largest absolute Gasteiger partial charge is 0.350 e. The van der Waals surface area contributed by atoms with Crippen molar-refractivity contribution >= 4 is 17.6 Å². The fourth-order valence-electron chi connectivity index (χ4n) is 3.74. The summed E-state index contributed by atoms with van der Waals surface area (Å²) in [7, 11) is 0. The van der Waals surface area contributed by atoms with Gasteiger partial charge in [0, 0.05) is 37.0 Å². The number of piperidine rings is 1. The Morgan fingerprint density at radius 3 is 2.68 bits per heavy atom. The summed E-state index contributed by atoms with van der Waals surface area (Å²) in [5, 5.41) is 9.79. The van der Waals surface area contributed by atoms with Crippen LogP contribution in [0.1, 0.15) is 29.0 Å². The van der Waals surface area contributed by atoms with Crippen molar-refractivity contribution in [1.82, 2.24) is 15.4 Å². The van der Waals surface area contributed by atoms with Crippen LogP contribution in [0, 0.1) is 12.8 Å². The highest BCUT2D eigenvalue weighted by atomic mass is 16.5. The molecule has 7 heteroatoms. The molecule has 0 saturated carbocycles. The number of anilines is 1. The first-order chi connectivity index (χ1) is 15.1. The molecule has 0 radical (unpaired) electrons. The molecule has 1 aliphatic rings. The summed E-state index contributed by atoms with van der Waals surface area (Å²) < 4.78 is 5.32. The van der Waals surface area contributed by atoms with E-state index in [0.717, 1.165) is 29.7 Å². The fourth-order valence-corrected chi connectivity index (χ4v) is 3.74. The summed E-state index contributed by atoms with van der Waals surface area (Å²) in [6.45, 7) is 3.76. The number of nitrogens with one attached hydrogen (secondary N) is 2. The minimum Gasteiger partial charge on any atom is -0.350 e. The van der Waals surface area contributed by atoms with Crippen molar-refractivity contribution in [2.75, 3.05) is 25.0 Å². The number of urea groups is 1. The first-order valence-electron chi connectivity index (χ1n) is 10.5. The van der Waals surface area contributed by atoms with Gasteiger partial charge in [-0.05, 0) is 37.8 Å². The molecule has 2 aromatic carbocycles. The monoisotopic (exact) mass is 418 g/mol. The standard InChI is InChI=1S/C24H26N4O3/c1-17-9-11-20(12-10-17)26-24(30)25-15-18-6-5-13-28(16-18)23(29)22-14-21(27-31-22)19-7-3-2-4-8-19/h2-4,7-12,14,18H,5-6,13,15-16H2,1H3,(H2,25,26,30). The van der Waals surface area contributed by atoms with Crippen LogP contribution in [0.4, 0.5) is 10.5 Å². The molecule has 1 atom stereocenters. The quantitative estimate of drug-likeness (QED) is 0.646. The second-order valence-corrected chi connectivity index (χ2v) is 7.90. The minimum absolute atomic E-state index is 0.163. The SMILES string of the molecule is Cc1ccc(NC(=O)NCC2CCCN(C(=O)c3cc(-c4ccccc4)no3)C2)cc1. The Morgan fingerprint density at radius 2 is 1.90 bits per heavy atom. The third-order valence-electron chi connectivity index (χ3n) is 5.46. The molecular weight excluding hydrogens is 392 g/mol. The first kappa shape index (κ1) is 20.7. The maximum absolute atomic E-state index is 12.9. The van der Waals surface area contributed by atoms with Gasteiger partial charge in [-0.3, -0.25) is 4.79 Å². The molecule has 1 aromatic heterocycles. The van der Waals surface area contributed by atoms with Gasteiger partial charge in [0.2, 0.25) is 5.76 Å². The number of rotatable bonds is 5. The average molecular weight is 418 g/mol. The van der Waals surface area contributed by atoms with E-state index in [1.54, 1.807) is 11.0 Å². The number of nitrogens with zero attached hydrogens (tertiary/aromatic N) is 2. The van der Waals surface area contributed by atoms with Crippen LogP contribution in [0.5, 0.6) is 0 Å². The highest BCUT2D eigenvalue weighted by Gasteiger charge is 2.27. The lowest BCUT2D eigenvalue weighted by Crippen LogP contribution is -2.44. The molecule has 7 nitrogen and oxygen atoms in total. The topological polar surface area (TPSA) is 87.5 Å². The second kappa shape index (κ2) is 9.47. The molecule has 1 unspecified atom stereocenters. The number of hydrogen-bond acceptors (Lipinski definition) is 4. The van der Waals surface area contributed by atoms with Gasteiger partial charge in [0.05, 0.1) is 0 Å². The summed E-state index contributed by atoms with van der Waals surface area (Å²) >= 11 is 0. The van der Waals surface area contributed by atoms with Crippen molar-refractivity contribution in [2.45, 2.75) is 19.8 Å². The highest BCUT2D eigenvalue weighted by Crippen LogP contribution is 2.22. The molecule has 0 spiro atoms. The molecule has 0 bridgehead atoms. The van der Waals surface area contributed by atoms with E-state index in [4.69, 9.17) is 4.52 Å². The van der Waals surface area contributed by atoms with Crippen LogP contribution in [0.3, 0.4) is 0 Å². The van der Waals surface area contributed by atoms with Gasteiger partial charge in [-0.15, -0.1) is 0 Å². The van der Waals surface area contributed by atoms with E-state index in [9.17, 15) is 9.59 Å². The number of hydrogen-bond donors (Lipinski definition) is 2. The Kier molecular flexibility index (Phi) is 6.31. The molecule has 160 valence electrons. The van der Waals surface area contributed by atoms with E-state index in [1.807, 2.05) is 61.5 Å². The Hall–Kier alpha value is -3.61. The minimum atomic E-state index is -0.241. The van der Waals surface area contributed by atoms with Crippen LogP contribution in [-0.4, -0.2) is 41.6 Å². The van der Waals surface area contributed by atoms with Crippen molar-refractivity contribution in [2.24, 2.45) is 5.92 Å². The van der Waals surface area contributed by atoms with E-state index >= 15 is 0 Å². The van der Waals surface area contributed by atoms with Crippen molar-refractivity contribution < 1.29 is 14.1 Å². The number of benzene rings is 2. The molecule has 2 heterocycles. The van der Waals surface area contributed by atoms with E-state index in [0.29, 0.717) is 25.3 Å². The summed E-state index contributed by atoms with van der Waals surface area (Å²) in [5.41, 5.74) is 3.45. The molecule has 2 N–H and O–H groups in total. The smallest absolute Gasteiger partial charge is 0.319 e. The number of carbonyl (C=O) groups excluding carboxylic acids is 2. The van der Waals surface area contributed by atoms with Gasteiger partial charge in [0.1, 0.15) is 5.69 Å². The zero-order chi connectivity index (χ0) is 21.6. The number of aryl methyl sites for hydroxylation is 1. The summed E-state index contributed by atoms with van der Waals surface area (Å²) in [6.07, 6.45) is 1.84. The van der Waals surface area contributed by atoms with E-state index in [-0.39, 0.29) is 23.6 Å². The Morgan fingerprint density at radius 1 is 1.13 bits per heavy atom. The molecular formula is C24H26N4O3. The molecule has 4 rings (SSSR count). The first-order valence-corrected chi connectivity index (χ1v) is 10.5. The molecule has 1 aliphatic heterocycles. The van der Waals surface area contributed by atoms with E-state index < -0.39 is 0 Å². The van der Waals surface area contributed by atoms with Crippen molar-refractivity contribution in [1.29, 1.82) is 0 Å². The van der Waals surface area contributed by atoms with Crippen LogP contribution in [0.25, 0.3) is 11.3 Å². The predicted octanol–water partition coefficient (Wildman–Crippen LogP) is 4.32. The highest BCUT2D eigenvalue weighted by molar-refractivity contribution is 5.92. The lowest BCUT2D eigenvalue weighted by atomic mass is 9.98. The predicted molar refractivity (Wildman–Crippen MR) is 119 cm³/mol. The number of carbonyl (C=O) groups is 2. The maximum Gasteiger partial charge on any atom is 0.319 e. The third-order valence-corrected chi connectivity index (χ3v) is 5.46. The molecule has 1 fully saturated rings. The zero-order valence-corrected chi connectivity index (χ0v) is 17.5. The van der Waals surface area contributed by atoms with Gasteiger partial charge >= 0.3 is 6.03 Å². The zero-order valence-electron chi connectivity index (χ0n) is 17.5. The molecule has 31 heavy (non-hydrogen) atoms. The average Bonchev–Trinajstić information content (AvgIpc) is 3.30. The molecule has 0 aliphatic carbocycles. The number of amides is 3. The lowest BCUT2D eigenvalue weighted by Gasteiger charge is -2.32. The van der Waals surface area contributed by atoms with Crippen LogP contribution in [0.15, 0.2) is 65.2 Å². The third kappa shape index (κ3) is 5.31. The van der Waals surface area contributed by atoms with Gasteiger partial charge in [-0.25, -0.2) is 4.79 Å². The fraction of sp³-hybridized carbons (Fsp3) is 0.292. The lowest BCUT2D eigenvalue weighted by molar-refractivity contribution is 0.0633. The van der Waals surface area contributed by atoms with Crippen molar-refractivity contribution in [3.63, 3.8) is 0 Å². The Balaban J connectivity index is 1.30. The van der Waals surface area contributed by atoms with Gasteiger partial charge < -0.3 is 20.1 Å². The van der Waals surface area contributed by atoms with Crippen LogP contribution >= 0.6 is 0 Å². The number of aromatic nitrogens is 1. The van der Waals surface area contributed by atoms with Crippen molar-refractivity contribution in [3.05, 3.63) is 72.0 Å². The molecule has 1 saturated heterocycles. The van der Waals surface area contributed by atoms with Crippen molar-refractivity contribution in [3.8, 4) is 11.3 Å². The second-order valence-electron chi connectivity index (χ2n) is 7.90. The number of likely N-dealkylation sites (tertiary alicyclic amines) is 1. The van der Waals surface area contributed by atoms with Gasteiger partial charge in [-0.1, -0.05) is 53.2 Å². The Bertz CT molecular complexity index is 1030. The maximum atomic E-state index is 12.9. The van der Waals surface area contributed by atoms with Gasteiger partial charge in [0.15, 0.2) is 0 Å². The normalized spacial score (nSPS) is 16.0. The van der Waals surface area contributed by atoms with Crippen LogP contribution in [-0.2, 0) is 0 Å². The van der Waals surface area contributed by atoms with Gasteiger partial charge in [0.25, 0.3) is 5.91 Å².